The van der Waals surface area contributed by atoms with Gasteiger partial charge in [0.05, 0.1) is 27.9 Å². The first-order valence-corrected chi connectivity index (χ1v) is 10.7. The molecule has 4 rings (SSSR count). The van der Waals surface area contributed by atoms with E-state index in [-0.39, 0.29) is 16.1 Å². The van der Waals surface area contributed by atoms with Crippen LogP contribution in [0.5, 0.6) is 0 Å². The molecule has 1 heterocycles. The number of benzene rings is 3. The molecule has 1 unspecified atom stereocenters. The third-order valence-electron chi connectivity index (χ3n) is 4.89. The monoisotopic (exact) mass is 432 g/mol. The van der Waals surface area contributed by atoms with Gasteiger partial charge in [-0.15, -0.1) is 0 Å². The fourth-order valence-corrected chi connectivity index (χ4v) is 4.02. The first-order valence-electron chi connectivity index (χ1n) is 9.16. The Bertz CT molecular complexity index is 1350. The molecule has 0 bridgehead atoms. The summed E-state index contributed by atoms with van der Waals surface area (Å²) in [6, 6.07) is 19.8. The first-order chi connectivity index (χ1) is 14.8. The van der Waals surface area contributed by atoms with Crippen LogP contribution in [0.15, 0.2) is 77.7 Å². The van der Waals surface area contributed by atoms with E-state index >= 15 is 0 Å². The first kappa shape index (κ1) is 20.3. The van der Waals surface area contributed by atoms with Gasteiger partial charge in [-0.2, -0.15) is 5.26 Å². The van der Waals surface area contributed by atoms with Crippen molar-refractivity contribution in [2.75, 3.05) is 10.2 Å². The molecule has 3 N–H and O–H groups in total. The summed E-state index contributed by atoms with van der Waals surface area (Å²) in [6.07, 6.45) is 0. The van der Waals surface area contributed by atoms with Crippen LogP contribution in [-0.2, 0) is 14.8 Å². The standard InChI is InChI=1S/C22H16N4O4S/c23-13-14-5-4-8-16(11-14)22(28)26-19-10-9-17(31(24,29)30)12-18(19)25-21(27)20(26)15-6-2-1-3-7-15/h1-12,20H,(H,25,27)(H2,24,29,30). The van der Waals surface area contributed by atoms with Crippen molar-refractivity contribution < 1.29 is 18.0 Å². The van der Waals surface area contributed by atoms with E-state index in [1.54, 1.807) is 48.5 Å². The molecule has 3 aromatic carbocycles. The molecule has 9 heteroatoms. The molecule has 0 aromatic heterocycles. The summed E-state index contributed by atoms with van der Waals surface area (Å²) in [5.74, 6) is -1.01. The summed E-state index contributed by atoms with van der Waals surface area (Å²) in [5.41, 5.74) is 1.55. The van der Waals surface area contributed by atoms with Crippen molar-refractivity contribution in [3.8, 4) is 6.07 Å². The Balaban J connectivity index is 1.91. The van der Waals surface area contributed by atoms with Gasteiger partial charge in [0.1, 0.15) is 6.04 Å². The van der Waals surface area contributed by atoms with Crippen LogP contribution in [0.4, 0.5) is 11.4 Å². The Labute approximate surface area is 178 Å². The van der Waals surface area contributed by atoms with E-state index in [4.69, 9.17) is 5.14 Å². The molecule has 0 saturated carbocycles. The van der Waals surface area contributed by atoms with Gasteiger partial charge in [0.25, 0.3) is 11.8 Å². The lowest BCUT2D eigenvalue weighted by atomic mass is 9.98. The molecule has 3 aromatic rings. The largest absolute Gasteiger partial charge is 0.322 e. The van der Waals surface area contributed by atoms with Crippen molar-refractivity contribution >= 4 is 33.2 Å². The van der Waals surface area contributed by atoms with Gasteiger partial charge < -0.3 is 5.32 Å². The van der Waals surface area contributed by atoms with E-state index in [0.29, 0.717) is 16.8 Å². The zero-order valence-electron chi connectivity index (χ0n) is 16.0. The summed E-state index contributed by atoms with van der Waals surface area (Å²) >= 11 is 0. The average molecular weight is 432 g/mol. The third kappa shape index (κ3) is 3.77. The van der Waals surface area contributed by atoms with E-state index in [1.807, 2.05) is 6.07 Å². The minimum atomic E-state index is -4.01. The van der Waals surface area contributed by atoms with Crippen molar-refractivity contribution in [2.45, 2.75) is 10.9 Å². The van der Waals surface area contributed by atoms with Gasteiger partial charge in [-0.05, 0) is 42.0 Å². The van der Waals surface area contributed by atoms with Crippen LogP contribution in [0.1, 0.15) is 27.5 Å². The lowest BCUT2D eigenvalue weighted by Crippen LogP contribution is -2.45. The van der Waals surface area contributed by atoms with Crippen LogP contribution in [-0.4, -0.2) is 20.2 Å². The number of rotatable bonds is 3. The zero-order valence-corrected chi connectivity index (χ0v) is 16.8. The fraction of sp³-hybridized carbons (Fsp3) is 0.0455. The van der Waals surface area contributed by atoms with Gasteiger partial charge in [0, 0.05) is 5.56 Å². The van der Waals surface area contributed by atoms with Crippen LogP contribution >= 0.6 is 0 Å². The summed E-state index contributed by atoms with van der Waals surface area (Å²) in [5, 5.41) is 17.1. The molecule has 2 amide bonds. The topological polar surface area (TPSA) is 133 Å². The molecule has 0 saturated heterocycles. The van der Waals surface area contributed by atoms with Crippen molar-refractivity contribution in [3.63, 3.8) is 0 Å². The van der Waals surface area contributed by atoms with Gasteiger partial charge in [-0.1, -0.05) is 36.4 Å². The highest BCUT2D eigenvalue weighted by atomic mass is 32.2. The molecule has 0 radical (unpaired) electrons. The number of sulfonamides is 1. The molecular weight excluding hydrogens is 416 g/mol. The van der Waals surface area contributed by atoms with Crippen LogP contribution < -0.4 is 15.4 Å². The van der Waals surface area contributed by atoms with Crippen LogP contribution in [0.3, 0.4) is 0 Å². The van der Waals surface area contributed by atoms with Crippen LogP contribution in [0.2, 0.25) is 0 Å². The number of nitrogens with one attached hydrogen (secondary N) is 1. The Morgan fingerprint density at radius 2 is 1.77 bits per heavy atom. The number of nitrogens with two attached hydrogens (primary N) is 1. The van der Waals surface area contributed by atoms with Gasteiger partial charge >= 0.3 is 0 Å². The number of nitrogens with zero attached hydrogens (tertiary/aromatic N) is 2. The summed E-state index contributed by atoms with van der Waals surface area (Å²) in [6.45, 7) is 0. The molecule has 0 aliphatic carbocycles. The maximum absolute atomic E-state index is 13.5. The second-order valence-corrected chi connectivity index (χ2v) is 8.46. The number of carbonyl (C=O) groups excluding carboxylic acids is 2. The molecule has 1 aliphatic heterocycles. The van der Waals surface area contributed by atoms with E-state index in [1.165, 1.54) is 29.2 Å². The number of anilines is 2. The zero-order chi connectivity index (χ0) is 22.2. The molecular formula is C22H16N4O4S. The van der Waals surface area contributed by atoms with Gasteiger partial charge in [0.15, 0.2) is 0 Å². The number of carbonyl (C=O) groups is 2. The number of fused-ring (bicyclic) bond motifs is 1. The summed E-state index contributed by atoms with van der Waals surface area (Å²) in [4.78, 5) is 27.7. The second kappa shape index (κ2) is 7.68. The lowest BCUT2D eigenvalue weighted by Gasteiger charge is -2.37. The minimum absolute atomic E-state index is 0.147. The Morgan fingerprint density at radius 3 is 2.45 bits per heavy atom. The van der Waals surface area contributed by atoms with Crippen molar-refractivity contribution in [3.05, 3.63) is 89.5 Å². The Morgan fingerprint density at radius 1 is 1.03 bits per heavy atom. The van der Waals surface area contributed by atoms with E-state index < -0.39 is 27.9 Å². The number of nitriles is 1. The maximum atomic E-state index is 13.5. The molecule has 1 atom stereocenters. The maximum Gasteiger partial charge on any atom is 0.259 e. The van der Waals surface area contributed by atoms with Gasteiger partial charge in [-0.3, -0.25) is 14.5 Å². The number of amides is 2. The molecule has 8 nitrogen and oxygen atoms in total. The average Bonchev–Trinajstić information content (AvgIpc) is 2.77. The van der Waals surface area contributed by atoms with Gasteiger partial charge in [-0.25, -0.2) is 13.6 Å². The smallest absolute Gasteiger partial charge is 0.259 e. The molecule has 1 aliphatic rings. The number of primary sulfonamides is 1. The van der Waals surface area contributed by atoms with E-state index in [9.17, 15) is 23.3 Å². The minimum Gasteiger partial charge on any atom is -0.322 e. The fourth-order valence-electron chi connectivity index (χ4n) is 3.48. The molecule has 31 heavy (non-hydrogen) atoms. The van der Waals surface area contributed by atoms with Crippen LogP contribution in [0, 0.1) is 11.3 Å². The predicted molar refractivity (Wildman–Crippen MR) is 114 cm³/mol. The second-order valence-electron chi connectivity index (χ2n) is 6.89. The third-order valence-corrected chi connectivity index (χ3v) is 5.80. The highest BCUT2D eigenvalue weighted by Crippen LogP contribution is 2.40. The van der Waals surface area contributed by atoms with Crippen LogP contribution in [0.25, 0.3) is 0 Å². The number of hydrogen-bond acceptors (Lipinski definition) is 5. The highest BCUT2D eigenvalue weighted by Gasteiger charge is 2.38. The SMILES string of the molecule is N#Cc1cccc(C(=O)N2c3ccc(S(N)(=O)=O)cc3NC(=O)C2c2ccccc2)c1. The van der Waals surface area contributed by atoms with E-state index in [0.717, 1.165) is 0 Å². The van der Waals surface area contributed by atoms with Crippen molar-refractivity contribution in [2.24, 2.45) is 5.14 Å². The Hall–Kier alpha value is -4.00. The molecule has 0 fully saturated rings. The molecule has 154 valence electrons. The highest BCUT2D eigenvalue weighted by molar-refractivity contribution is 7.89. The normalized spacial score (nSPS) is 15.5. The summed E-state index contributed by atoms with van der Waals surface area (Å²) < 4.78 is 23.5. The Kier molecular flexibility index (Phi) is 5.02. The van der Waals surface area contributed by atoms with E-state index in [2.05, 4.69) is 5.32 Å². The predicted octanol–water partition coefficient (Wildman–Crippen LogP) is 2.55. The number of hydrogen-bond donors (Lipinski definition) is 2. The lowest BCUT2D eigenvalue weighted by molar-refractivity contribution is -0.117. The van der Waals surface area contributed by atoms with Crippen molar-refractivity contribution in [1.82, 2.24) is 0 Å². The summed E-state index contributed by atoms with van der Waals surface area (Å²) in [7, 11) is -4.01. The quantitative estimate of drug-likeness (QED) is 0.656. The van der Waals surface area contributed by atoms with Gasteiger partial charge in [0.2, 0.25) is 10.0 Å². The molecule has 0 spiro atoms. The van der Waals surface area contributed by atoms with Crippen molar-refractivity contribution in [1.29, 1.82) is 5.26 Å².